The van der Waals surface area contributed by atoms with E-state index < -0.39 is 0 Å². The van der Waals surface area contributed by atoms with Crippen LogP contribution in [-0.4, -0.2) is 12.0 Å². The van der Waals surface area contributed by atoms with Crippen LogP contribution in [0.3, 0.4) is 0 Å². The summed E-state index contributed by atoms with van der Waals surface area (Å²) in [6.45, 7) is 0. The third-order valence-electron chi connectivity index (χ3n) is 2.17. The second kappa shape index (κ2) is 5.07. The molecule has 2 heterocycles. The molecule has 2 aromatic heterocycles. The minimum Gasteiger partial charge on any atom is -0.312 e. The highest BCUT2D eigenvalue weighted by atomic mass is 35.5. The maximum atomic E-state index is 5.92. The van der Waals surface area contributed by atoms with Gasteiger partial charge in [0.1, 0.15) is 0 Å². The van der Waals surface area contributed by atoms with Crippen LogP contribution in [0.5, 0.6) is 0 Å². The maximum absolute atomic E-state index is 5.92. The van der Waals surface area contributed by atoms with E-state index in [2.05, 4.69) is 16.4 Å². The molecular formula is C10H11ClN2S2. The Bertz CT molecular complexity index is 411. The Balaban J connectivity index is 2.11. The third kappa shape index (κ3) is 2.78. The number of thiophene rings is 1. The minimum absolute atomic E-state index is 0.336. The highest BCUT2D eigenvalue weighted by Gasteiger charge is 2.12. The van der Waals surface area contributed by atoms with Crippen LogP contribution in [0.2, 0.25) is 4.34 Å². The lowest BCUT2D eigenvalue weighted by Crippen LogP contribution is -2.17. The molecule has 0 amide bonds. The number of hydrogen-bond acceptors (Lipinski definition) is 4. The molecular weight excluding hydrogens is 248 g/mol. The molecule has 15 heavy (non-hydrogen) atoms. The van der Waals surface area contributed by atoms with Gasteiger partial charge in [-0.2, -0.15) is 0 Å². The quantitative estimate of drug-likeness (QED) is 0.910. The molecule has 2 rings (SSSR count). The highest BCUT2D eigenvalue weighted by Crippen LogP contribution is 2.29. The van der Waals surface area contributed by atoms with Crippen molar-refractivity contribution in [3.8, 4) is 0 Å². The van der Waals surface area contributed by atoms with Crippen LogP contribution in [-0.2, 0) is 6.42 Å². The van der Waals surface area contributed by atoms with E-state index in [1.54, 1.807) is 22.7 Å². The van der Waals surface area contributed by atoms with E-state index in [0.29, 0.717) is 6.04 Å². The molecule has 1 atom stereocenters. The van der Waals surface area contributed by atoms with Crippen molar-refractivity contribution < 1.29 is 0 Å². The monoisotopic (exact) mass is 258 g/mol. The van der Waals surface area contributed by atoms with Crippen LogP contribution < -0.4 is 5.32 Å². The largest absolute Gasteiger partial charge is 0.312 e. The van der Waals surface area contributed by atoms with Crippen molar-refractivity contribution in [2.75, 3.05) is 7.05 Å². The van der Waals surface area contributed by atoms with Crippen LogP contribution >= 0.6 is 34.3 Å². The first-order valence-electron chi connectivity index (χ1n) is 4.59. The Labute approximate surface area is 102 Å². The molecule has 0 aliphatic heterocycles. The summed E-state index contributed by atoms with van der Waals surface area (Å²) in [4.78, 5) is 6.64. The van der Waals surface area contributed by atoms with E-state index in [1.807, 2.05) is 24.8 Å². The van der Waals surface area contributed by atoms with Crippen LogP contribution in [0, 0.1) is 0 Å². The zero-order valence-electron chi connectivity index (χ0n) is 8.24. The van der Waals surface area contributed by atoms with E-state index >= 15 is 0 Å². The Morgan fingerprint density at radius 1 is 1.53 bits per heavy atom. The predicted molar refractivity (Wildman–Crippen MR) is 66.9 cm³/mol. The first-order chi connectivity index (χ1) is 7.29. The van der Waals surface area contributed by atoms with Gasteiger partial charge in [-0.1, -0.05) is 11.6 Å². The number of nitrogens with zero attached hydrogens (tertiary/aromatic N) is 1. The van der Waals surface area contributed by atoms with Crippen molar-refractivity contribution in [1.82, 2.24) is 10.3 Å². The summed E-state index contributed by atoms with van der Waals surface area (Å²) in [6.07, 6.45) is 2.89. The summed E-state index contributed by atoms with van der Waals surface area (Å²) in [5.41, 5.74) is 1.86. The van der Waals surface area contributed by atoms with Crippen molar-refractivity contribution in [1.29, 1.82) is 0 Å². The third-order valence-corrected chi connectivity index (χ3v) is 4.32. The molecule has 0 saturated heterocycles. The average Bonchev–Trinajstić information content (AvgIpc) is 2.85. The first-order valence-corrected chi connectivity index (χ1v) is 6.67. The number of likely N-dealkylation sites (N-methyl/N-ethyl adjacent to an activating group) is 1. The summed E-state index contributed by atoms with van der Waals surface area (Å²) in [7, 11) is 1.97. The highest BCUT2D eigenvalue weighted by molar-refractivity contribution is 7.16. The van der Waals surface area contributed by atoms with Crippen molar-refractivity contribution in [2.24, 2.45) is 0 Å². The lowest BCUT2D eigenvalue weighted by atomic mass is 10.1. The van der Waals surface area contributed by atoms with Crippen LogP contribution in [0.15, 0.2) is 23.8 Å². The zero-order chi connectivity index (χ0) is 10.7. The van der Waals surface area contributed by atoms with Gasteiger partial charge >= 0.3 is 0 Å². The summed E-state index contributed by atoms with van der Waals surface area (Å²) in [5, 5.41) is 3.30. The molecule has 0 saturated carbocycles. The standard InChI is InChI=1S/C10H11ClN2S2/c1-12-8(4-7-5-13-6-14-7)9-2-3-10(11)15-9/h2-3,5-6,8,12H,4H2,1H3. The average molecular weight is 259 g/mol. The number of halogens is 1. The molecule has 0 spiro atoms. The van der Waals surface area contributed by atoms with Crippen LogP contribution in [0.4, 0.5) is 0 Å². The van der Waals surface area contributed by atoms with Crippen molar-refractivity contribution in [3.05, 3.63) is 37.9 Å². The van der Waals surface area contributed by atoms with Crippen LogP contribution in [0.25, 0.3) is 0 Å². The van der Waals surface area contributed by atoms with E-state index in [4.69, 9.17) is 11.6 Å². The number of hydrogen-bond donors (Lipinski definition) is 1. The molecule has 0 aliphatic carbocycles. The second-order valence-corrected chi connectivity index (χ2v) is 5.87. The van der Waals surface area contributed by atoms with E-state index in [1.165, 1.54) is 9.75 Å². The number of rotatable bonds is 4. The fourth-order valence-corrected chi connectivity index (χ4v) is 3.22. The predicted octanol–water partition coefficient (Wildman–Crippen LogP) is 3.36. The molecule has 2 aromatic rings. The van der Waals surface area contributed by atoms with Gasteiger partial charge in [0.15, 0.2) is 0 Å². The van der Waals surface area contributed by atoms with Gasteiger partial charge in [-0.05, 0) is 19.2 Å². The number of aromatic nitrogens is 1. The maximum Gasteiger partial charge on any atom is 0.0931 e. The van der Waals surface area contributed by atoms with Gasteiger partial charge in [0.05, 0.1) is 9.85 Å². The Morgan fingerprint density at radius 2 is 2.40 bits per heavy atom. The zero-order valence-corrected chi connectivity index (χ0v) is 10.6. The minimum atomic E-state index is 0.336. The normalized spacial score (nSPS) is 12.9. The van der Waals surface area contributed by atoms with Gasteiger partial charge < -0.3 is 5.32 Å². The number of nitrogens with one attached hydrogen (secondary N) is 1. The van der Waals surface area contributed by atoms with E-state index in [0.717, 1.165) is 10.8 Å². The van der Waals surface area contributed by atoms with Gasteiger partial charge in [-0.25, -0.2) is 0 Å². The summed E-state index contributed by atoms with van der Waals surface area (Å²) >= 11 is 9.24. The summed E-state index contributed by atoms with van der Waals surface area (Å²) < 4.78 is 0.842. The smallest absolute Gasteiger partial charge is 0.0931 e. The van der Waals surface area contributed by atoms with Crippen molar-refractivity contribution >= 4 is 34.3 Å². The molecule has 5 heteroatoms. The van der Waals surface area contributed by atoms with Gasteiger partial charge in [0.2, 0.25) is 0 Å². The Kier molecular flexibility index (Phi) is 3.75. The topological polar surface area (TPSA) is 24.9 Å². The van der Waals surface area contributed by atoms with Crippen molar-refractivity contribution in [2.45, 2.75) is 12.5 Å². The molecule has 1 unspecified atom stereocenters. The second-order valence-electron chi connectivity index (χ2n) is 3.16. The lowest BCUT2D eigenvalue weighted by molar-refractivity contribution is 0.606. The van der Waals surface area contributed by atoms with E-state index in [9.17, 15) is 0 Å². The van der Waals surface area contributed by atoms with Gasteiger partial charge in [-0.3, -0.25) is 4.98 Å². The van der Waals surface area contributed by atoms with Crippen LogP contribution in [0.1, 0.15) is 15.8 Å². The summed E-state index contributed by atoms with van der Waals surface area (Å²) in [6, 6.07) is 4.36. The molecule has 2 nitrogen and oxygen atoms in total. The fourth-order valence-electron chi connectivity index (χ4n) is 1.40. The number of thiazole rings is 1. The Hall–Kier alpha value is -0.420. The SMILES string of the molecule is CNC(Cc1cncs1)c1ccc(Cl)s1. The molecule has 0 bridgehead atoms. The Morgan fingerprint density at radius 3 is 2.93 bits per heavy atom. The molecule has 80 valence electrons. The molecule has 0 fully saturated rings. The lowest BCUT2D eigenvalue weighted by Gasteiger charge is -2.12. The van der Waals surface area contributed by atoms with Gasteiger partial charge in [-0.15, -0.1) is 22.7 Å². The molecule has 1 N–H and O–H groups in total. The van der Waals surface area contributed by atoms with Gasteiger partial charge in [0, 0.05) is 28.4 Å². The molecule has 0 aromatic carbocycles. The molecule has 0 radical (unpaired) electrons. The van der Waals surface area contributed by atoms with E-state index in [-0.39, 0.29) is 0 Å². The van der Waals surface area contributed by atoms with Gasteiger partial charge in [0.25, 0.3) is 0 Å². The first kappa shape index (κ1) is 11.1. The molecule has 0 aliphatic rings. The summed E-state index contributed by atoms with van der Waals surface area (Å²) in [5.74, 6) is 0. The van der Waals surface area contributed by atoms with Crippen molar-refractivity contribution in [3.63, 3.8) is 0 Å². The fraction of sp³-hybridized carbons (Fsp3) is 0.300.